The Labute approximate surface area is 116 Å². The largest absolute Gasteiger partial charge is 0.479 e. The van der Waals surface area contributed by atoms with Gasteiger partial charge in [-0.05, 0) is 24.6 Å². The van der Waals surface area contributed by atoms with Crippen LogP contribution in [-0.4, -0.2) is 30.4 Å². The summed E-state index contributed by atoms with van der Waals surface area (Å²) in [6.07, 6.45) is 0.206. The maximum atomic E-state index is 11.5. The second kappa shape index (κ2) is 5.21. The minimum Gasteiger partial charge on any atom is -0.479 e. The van der Waals surface area contributed by atoms with Gasteiger partial charge in [0.1, 0.15) is 0 Å². The molecule has 2 atom stereocenters. The van der Waals surface area contributed by atoms with E-state index in [1.807, 2.05) is 13.0 Å². The van der Waals surface area contributed by atoms with Crippen LogP contribution in [0, 0.1) is 11.3 Å². The van der Waals surface area contributed by atoms with Crippen LogP contribution in [0.2, 0.25) is 0 Å². The van der Waals surface area contributed by atoms with E-state index >= 15 is 0 Å². The monoisotopic (exact) mass is 276 g/mol. The maximum Gasteiger partial charge on any atom is 0.340 e. The Hall–Kier alpha value is -1.94. The summed E-state index contributed by atoms with van der Waals surface area (Å²) >= 11 is 0. The summed E-state index contributed by atoms with van der Waals surface area (Å²) in [6.45, 7) is 1.78. The Balaban J connectivity index is 2.33. The van der Waals surface area contributed by atoms with E-state index < -0.39 is 17.1 Å². The van der Waals surface area contributed by atoms with E-state index in [-0.39, 0.29) is 13.0 Å². The van der Waals surface area contributed by atoms with Gasteiger partial charge in [0, 0.05) is 13.5 Å². The van der Waals surface area contributed by atoms with Crippen LogP contribution in [-0.2, 0) is 19.9 Å². The number of ether oxygens (including phenoxy) is 1. The molecule has 0 radical (unpaired) electrons. The molecule has 1 saturated heterocycles. The first-order valence-electron chi connectivity index (χ1n) is 6.14. The van der Waals surface area contributed by atoms with Crippen molar-refractivity contribution in [1.29, 1.82) is 5.26 Å². The van der Waals surface area contributed by atoms with Crippen LogP contribution in [0.3, 0.4) is 0 Å². The molecule has 2 unspecified atom stereocenters. The molecular weight excluding hydrogens is 260 g/mol. The minimum atomic E-state index is -1.42. The molecule has 0 spiro atoms. The minimum absolute atomic E-state index is 0.0527. The number of carboxylic acid groups (broad SMARTS) is 1. The number of nitrogens with one attached hydrogen (secondary N) is 1. The Kier molecular flexibility index (Phi) is 3.77. The van der Waals surface area contributed by atoms with Crippen molar-refractivity contribution in [3.63, 3.8) is 0 Å². The van der Waals surface area contributed by atoms with Crippen LogP contribution in [0.4, 0.5) is 0 Å². The van der Waals surface area contributed by atoms with Gasteiger partial charge >= 0.3 is 5.97 Å². The first-order chi connectivity index (χ1) is 9.46. The van der Waals surface area contributed by atoms with Crippen LogP contribution in [0.1, 0.15) is 24.5 Å². The number of hydroxylamine groups is 1. The van der Waals surface area contributed by atoms with Gasteiger partial charge in [-0.15, -0.1) is 0 Å². The van der Waals surface area contributed by atoms with E-state index in [0.717, 1.165) is 5.56 Å². The van der Waals surface area contributed by atoms with Crippen LogP contribution in [0.5, 0.6) is 0 Å². The summed E-state index contributed by atoms with van der Waals surface area (Å²) in [5.74, 6) is -1.08. The number of hydrogen-bond donors (Lipinski definition) is 2. The Morgan fingerprint density at radius 2 is 2.40 bits per heavy atom. The summed E-state index contributed by atoms with van der Waals surface area (Å²) in [5.41, 5.74) is 1.99. The molecule has 1 aliphatic heterocycles. The molecule has 1 heterocycles. The van der Waals surface area contributed by atoms with E-state index in [9.17, 15) is 9.90 Å². The molecule has 1 aromatic carbocycles. The number of rotatable bonds is 4. The van der Waals surface area contributed by atoms with E-state index in [1.165, 1.54) is 7.11 Å². The number of methoxy groups -OCH3 is 1. The molecule has 0 aromatic heterocycles. The van der Waals surface area contributed by atoms with Crippen LogP contribution in [0.15, 0.2) is 24.3 Å². The predicted molar refractivity (Wildman–Crippen MR) is 69.6 cm³/mol. The molecule has 1 fully saturated rings. The van der Waals surface area contributed by atoms with Crippen molar-refractivity contribution in [2.24, 2.45) is 0 Å². The standard InChI is InChI=1S/C14H16N2O4/c1-13(11-5-3-4-10(6-11)7-15)8-14(9-19-2,12(17)18)20-16-13/h3-6,16H,8-9H2,1-2H3,(H,17,18). The lowest BCUT2D eigenvalue weighted by Gasteiger charge is -2.24. The summed E-state index contributed by atoms with van der Waals surface area (Å²) in [5, 5.41) is 18.3. The molecule has 0 aliphatic carbocycles. The van der Waals surface area contributed by atoms with Crippen molar-refractivity contribution in [2.75, 3.05) is 13.7 Å². The zero-order chi connectivity index (χ0) is 14.8. The van der Waals surface area contributed by atoms with Gasteiger partial charge in [0.05, 0.1) is 23.8 Å². The Morgan fingerprint density at radius 3 is 3.00 bits per heavy atom. The number of carboxylic acids is 1. The highest BCUT2D eigenvalue weighted by atomic mass is 16.7. The summed E-state index contributed by atoms with van der Waals surface area (Å²) in [6, 6.07) is 9.08. The highest BCUT2D eigenvalue weighted by Crippen LogP contribution is 2.38. The van der Waals surface area contributed by atoms with Crippen LogP contribution in [0.25, 0.3) is 0 Å². The number of carbonyl (C=O) groups is 1. The molecule has 2 rings (SSSR count). The fraction of sp³-hybridized carbons (Fsp3) is 0.429. The number of hydrogen-bond acceptors (Lipinski definition) is 5. The van der Waals surface area contributed by atoms with Gasteiger partial charge in [-0.2, -0.15) is 10.7 Å². The van der Waals surface area contributed by atoms with Crippen LogP contribution >= 0.6 is 0 Å². The van der Waals surface area contributed by atoms with E-state index in [1.54, 1.807) is 18.2 Å². The first-order valence-corrected chi connectivity index (χ1v) is 6.14. The van der Waals surface area contributed by atoms with Crippen molar-refractivity contribution in [2.45, 2.75) is 24.5 Å². The quantitative estimate of drug-likeness (QED) is 0.857. The lowest BCUT2D eigenvalue weighted by Crippen LogP contribution is -2.43. The number of nitriles is 1. The molecule has 0 bridgehead atoms. The van der Waals surface area contributed by atoms with Gasteiger partial charge in [-0.3, -0.25) is 4.84 Å². The number of aliphatic carboxylic acids is 1. The van der Waals surface area contributed by atoms with E-state index in [4.69, 9.17) is 14.8 Å². The molecule has 1 aliphatic rings. The van der Waals surface area contributed by atoms with Crippen molar-refractivity contribution in [3.8, 4) is 6.07 Å². The smallest absolute Gasteiger partial charge is 0.340 e. The zero-order valence-electron chi connectivity index (χ0n) is 11.3. The third kappa shape index (κ3) is 2.39. The molecule has 106 valence electrons. The average Bonchev–Trinajstić information content (AvgIpc) is 2.79. The van der Waals surface area contributed by atoms with Crippen molar-refractivity contribution < 1.29 is 19.5 Å². The van der Waals surface area contributed by atoms with Crippen molar-refractivity contribution in [3.05, 3.63) is 35.4 Å². The molecule has 6 heteroatoms. The van der Waals surface area contributed by atoms with Gasteiger partial charge in [0.15, 0.2) is 0 Å². The SMILES string of the molecule is COCC1(C(=O)O)CC(C)(c2cccc(C#N)c2)NO1. The number of nitrogens with zero attached hydrogens (tertiary/aromatic N) is 1. The fourth-order valence-electron chi connectivity index (χ4n) is 2.44. The number of benzene rings is 1. The zero-order valence-corrected chi connectivity index (χ0v) is 11.3. The predicted octanol–water partition coefficient (Wildman–Crippen LogP) is 1.17. The van der Waals surface area contributed by atoms with Gasteiger partial charge in [-0.25, -0.2) is 4.79 Å². The average molecular weight is 276 g/mol. The third-order valence-corrected chi connectivity index (χ3v) is 3.51. The van der Waals surface area contributed by atoms with Gasteiger partial charge < -0.3 is 9.84 Å². The summed E-state index contributed by atoms with van der Waals surface area (Å²) in [4.78, 5) is 16.8. The van der Waals surface area contributed by atoms with Crippen molar-refractivity contribution >= 4 is 5.97 Å². The topological polar surface area (TPSA) is 91.6 Å². The van der Waals surface area contributed by atoms with Crippen LogP contribution < -0.4 is 5.48 Å². The summed E-state index contributed by atoms with van der Waals surface area (Å²) < 4.78 is 4.97. The maximum absolute atomic E-state index is 11.5. The highest BCUT2D eigenvalue weighted by molar-refractivity contribution is 5.78. The van der Waals surface area contributed by atoms with E-state index in [0.29, 0.717) is 5.56 Å². The van der Waals surface area contributed by atoms with E-state index in [2.05, 4.69) is 11.5 Å². The second-order valence-corrected chi connectivity index (χ2v) is 5.14. The summed E-state index contributed by atoms with van der Waals surface area (Å²) in [7, 11) is 1.43. The highest BCUT2D eigenvalue weighted by Gasteiger charge is 2.53. The molecule has 2 N–H and O–H groups in total. The molecule has 1 aromatic rings. The first kappa shape index (κ1) is 14.5. The molecule has 6 nitrogen and oxygen atoms in total. The Morgan fingerprint density at radius 1 is 1.65 bits per heavy atom. The van der Waals surface area contributed by atoms with Crippen molar-refractivity contribution in [1.82, 2.24) is 5.48 Å². The normalized spacial score (nSPS) is 29.1. The lowest BCUT2D eigenvalue weighted by molar-refractivity contribution is -0.173. The molecular formula is C14H16N2O4. The second-order valence-electron chi connectivity index (χ2n) is 5.14. The Bertz CT molecular complexity index is 569. The van der Waals surface area contributed by atoms with Gasteiger partial charge in [0.25, 0.3) is 0 Å². The lowest BCUT2D eigenvalue weighted by atomic mass is 9.82. The molecule has 0 amide bonds. The van der Waals surface area contributed by atoms with Gasteiger partial charge in [0.2, 0.25) is 5.60 Å². The molecule has 0 saturated carbocycles. The fourth-order valence-corrected chi connectivity index (χ4v) is 2.44. The van der Waals surface area contributed by atoms with Gasteiger partial charge in [-0.1, -0.05) is 12.1 Å². The third-order valence-electron chi connectivity index (χ3n) is 3.51. The molecule has 20 heavy (non-hydrogen) atoms.